The van der Waals surface area contributed by atoms with Gasteiger partial charge in [-0.25, -0.2) is 0 Å². The number of likely N-dealkylation sites (tertiary alicyclic amines) is 1. The van der Waals surface area contributed by atoms with Crippen LogP contribution in [0.25, 0.3) is 11.0 Å². The quantitative estimate of drug-likeness (QED) is 0.564. The number of furan rings is 1. The molecule has 33 heavy (non-hydrogen) atoms. The first-order chi connectivity index (χ1) is 16.0. The minimum absolute atomic E-state index is 0.120. The van der Waals surface area contributed by atoms with Crippen LogP contribution >= 0.6 is 0 Å². The number of piperidine rings is 1. The van der Waals surface area contributed by atoms with Crippen molar-refractivity contribution < 1.29 is 23.5 Å². The number of hydrogen-bond donors (Lipinski definition) is 2. The molecule has 1 aliphatic heterocycles. The third-order valence-corrected chi connectivity index (χ3v) is 5.88. The highest BCUT2D eigenvalue weighted by atomic mass is 16.5. The smallest absolute Gasteiger partial charge is 0.309 e. The number of amides is 3. The van der Waals surface area contributed by atoms with E-state index in [-0.39, 0.29) is 18.4 Å². The molecule has 1 aromatic heterocycles. The van der Waals surface area contributed by atoms with Crippen LogP contribution in [0.3, 0.4) is 0 Å². The molecule has 0 unspecified atom stereocenters. The second-order valence-corrected chi connectivity index (χ2v) is 8.13. The van der Waals surface area contributed by atoms with Crippen LogP contribution in [0.5, 0.6) is 5.75 Å². The predicted molar refractivity (Wildman–Crippen MR) is 123 cm³/mol. The first-order valence-corrected chi connectivity index (χ1v) is 11.0. The van der Waals surface area contributed by atoms with E-state index in [0.29, 0.717) is 36.7 Å². The van der Waals surface area contributed by atoms with Gasteiger partial charge >= 0.3 is 11.8 Å². The van der Waals surface area contributed by atoms with E-state index in [1.807, 2.05) is 42.5 Å². The molecule has 8 nitrogen and oxygen atoms in total. The standard InChI is InChI=1S/C25H27N3O5/c1-32-20-7-4-5-18(13-20)16-27-24(30)23(29)26-15-17-9-11-28(12-10-17)25(31)22-14-19-6-2-3-8-21(19)33-22/h2-8,13-14,17H,9-12,15-16H2,1H3,(H,26,29)(H,27,30). The average Bonchev–Trinajstić information content (AvgIpc) is 3.30. The van der Waals surface area contributed by atoms with E-state index < -0.39 is 11.8 Å². The molecular weight excluding hydrogens is 422 g/mol. The van der Waals surface area contributed by atoms with Crippen LogP contribution in [0.2, 0.25) is 0 Å². The molecule has 1 fully saturated rings. The number of nitrogens with zero attached hydrogens (tertiary/aromatic N) is 1. The molecule has 4 rings (SSSR count). The van der Waals surface area contributed by atoms with Crippen molar-refractivity contribution in [3.63, 3.8) is 0 Å². The fourth-order valence-corrected chi connectivity index (χ4v) is 3.95. The van der Waals surface area contributed by atoms with Crippen molar-refractivity contribution in [3.05, 3.63) is 65.9 Å². The number of carbonyl (C=O) groups is 3. The Morgan fingerprint density at radius 2 is 1.76 bits per heavy atom. The SMILES string of the molecule is COc1cccc(CNC(=O)C(=O)NCC2CCN(C(=O)c3cc4ccccc4o3)CC2)c1. The second kappa shape index (κ2) is 10.2. The Morgan fingerprint density at radius 3 is 2.52 bits per heavy atom. The van der Waals surface area contributed by atoms with E-state index >= 15 is 0 Å². The van der Waals surface area contributed by atoms with Gasteiger partial charge in [0.05, 0.1) is 7.11 Å². The first-order valence-electron chi connectivity index (χ1n) is 11.0. The van der Waals surface area contributed by atoms with Crippen LogP contribution in [0.4, 0.5) is 0 Å². The molecule has 172 valence electrons. The van der Waals surface area contributed by atoms with E-state index in [1.54, 1.807) is 24.1 Å². The summed E-state index contributed by atoms with van der Waals surface area (Å²) in [5.41, 5.74) is 1.54. The molecule has 1 saturated heterocycles. The lowest BCUT2D eigenvalue weighted by atomic mass is 9.96. The lowest BCUT2D eigenvalue weighted by Gasteiger charge is -2.31. The van der Waals surface area contributed by atoms with Gasteiger partial charge in [-0.15, -0.1) is 0 Å². The Balaban J connectivity index is 1.20. The van der Waals surface area contributed by atoms with E-state index in [2.05, 4.69) is 10.6 Å². The number of fused-ring (bicyclic) bond motifs is 1. The van der Waals surface area contributed by atoms with Gasteiger partial charge in [0, 0.05) is 31.6 Å². The molecule has 0 radical (unpaired) electrons. The fourth-order valence-electron chi connectivity index (χ4n) is 3.95. The highest BCUT2D eigenvalue weighted by Gasteiger charge is 2.26. The van der Waals surface area contributed by atoms with Crippen LogP contribution in [-0.4, -0.2) is 49.4 Å². The zero-order valence-electron chi connectivity index (χ0n) is 18.5. The zero-order valence-corrected chi connectivity index (χ0v) is 18.5. The number of rotatable bonds is 6. The van der Waals surface area contributed by atoms with Gasteiger partial charge in [0.1, 0.15) is 11.3 Å². The largest absolute Gasteiger partial charge is 0.497 e. The predicted octanol–water partition coefficient (Wildman–Crippen LogP) is 2.73. The number of carbonyl (C=O) groups excluding carboxylic acids is 3. The lowest BCUT2D eigenvalue weighted by molar-refractivity contribution is -0.139. The maximum atomic E-state index is 12.8. The molecule has 0 atom stereocenters. The maximum absolute atomic E-state index is 12.8. The third-order valence-electron chi connectivity index (χ3n) is 5.88. The molecule has 3 amide bonds. The number of nitrogens with one attached hydrogen (secondary N) is 2. The van der Waals surface area contributed by atoms with Crippen molar-refractivity contribution in [2.24, 2.45) is 5.92 Å². The Hall–Kier alpha value is -3.81. The molecule has 2 heterocycles. The molecule has 8 heteroatoms. The number of para-hydroxylation sites is 1. The summed E-state index contributed by atoms with van der Waals surface area (Å²) in [7, 11) is 1.57. The third kappa shape index (κ3) is 5.52. The van der Waals surface area contributed by atoms with Crippen molar-refractivity contribution in [2.75, 3.05) is 26.7 Å². The summed E-state index contributed by atoms with van der Waals surface area (Å²) in [5.74, 6) is -0.202. The Bertz CT molecular complexity index is 1110. The van der Waals surface area contributed by atoms with Crippen LogP contribution < -0.4 is 15.4 Å². The number of hydrogen-bond acceptors (Lipinski definition) is 5. The van der Waals surface area contributed by atoms with Crippen LogP contribution in [-0.2, 0) is 16.1 Å². The Kier molecular flexibility index (Phi) is 6.92. The van der Waals surface area contributed by atoms with Crippen LogP contribution in [0.1, 0.15) is 29.0 Å². The molecular formula is C25H27N3O5. The Morgan fingerprint density at radius 1 is 1.00 bits per heavy atom. The summed E-state index contributed by atoms with van der Waals surface area (Å²) >= 11 is 0. The Labute approximate surface area is 191 Å². The minimum atomic E-state index is -0.671. The topological polar surface area (TPSA) is 101 Å². The van der Waals surface area contributed by atoms with E-state index in [4.69, 9.17) is 9.15 Å². The first kappa shape index (κ1) is 22.4. The molecule has 0 saturated carbocycles. The van der Waals surface area contributed by atoms with Gasteiger partial charge in [-0.05, 0) is 48.6 Å². The highest BCUT2D eigenvalue weighted by molar-refractivity contribution is 6.35. The number of ether oxygens (including phenoxy) is 1. The fraction of sp³-hybridized carbons (Fsp3) is 0.320. The number of methoxy groups -OCH3 is 1. The maximum Gasteiger partial charge on any atom is 0.309 e. The van der Waals surface area contributed by atoms with Gasteiger partial charge in [0.2, 0.25) is 0 Å². The number of benzene rings is 2. The van der Waals surface area contributed by atoms with Gasteiger partial charge in [-0.3, -0.25) is 14.4 Å². The van der Waals surface area contributed by atoms with Gasteiger partial charge in [-0.1, -0.05) is 30.3 Å². The van der Waals surface area contributed by atoms with Crippen LogP contribution in [0, 0.1) is 5.92 Å². The summed E-state index contributed by atoms with van der Waals surface area (Å²) in [6.07, 6.45) is 1.50. The zero-order chi connectivity index (χ0) is 23.2. The van der Waals surface area contributed by atoms with E-state index in [1.165, 1.54) is 0 Å². The average molecular weight is 450 g/mol. The van der Waals surface area contributed by atoms with Crippen molar-refractivity contribution in [1.82, 2.24) is 15.5 Å². The highest BCUT2D eigenvalue weighted by Crippen LogP contribution is 2.23. The van der Waals surface area contributed by atoms with Gasteiger partial charge < -0.3 is 24.7 Å². The molecule has 0 spiro atoms. The van der Waals surface area contributed by atoms with E-state index in [0.717, 1.165) is 23.8 Å². The van der Waals surface area contributed by atoms with Crippen molar-refractivity contribution in [2.45, 2.75) is 19.4 Å². The van der Waals surface area contributed by atoms with Crippen LogP contribution in [0.15, 0.2) is 59.0 Å². The molecule has 2 aromatic carbocycles. The summed E-state index contributed by atoms with van der Waals surface area (Å²) in [6, 6.07) is 16.6. The monoisotopic (exact) mass is 449 g/mol. The molecule has 2 N–H and O–H groups in total. The van der Waals surface area contributed by atoms with Gasteiger partial charge in [0.15, 0.2) is 5.76 Å². The van der Waals surface area contributed by atoms with Gasteiger partial charge in [0.25, 0.3) is 5.91 Å². The second-order valence-electron chi connectivity index (χ2n) is 8.13. The molecule has 3 aromatic rings. The van der Waals surface area contributed by atoms with Crippen molar-refractivity contribution >= 4 is 28.7 Å². The summed E-state index contributed by atoms with van der Waals surface area (Å²) in [6.45, 7) is 1.81. The summed E-state index contributed by atoms with van der Waals surface area (Å²) in [5, 5.41) is 6.23. The summed E-state index contributed by atoms with van der Waals surface area (Å²) < 4.78 is 10.8. The van der Waals surface area contributed by atoms with Crippen molar-refractivity contribution in [3.8, 4) is 5.75 Å². The minimum Gasteiger partial charge on any atom is -0.497 e. The van der Waals surface area contributed by atoms with Gasteiger partial charge in [-0.2, -0.15) is 0 Å². The van der Waals surface area contributed by atoms with Crippen molar-refractivity contribution in [1.29, 1.82) is 0 Å². The van der Waals surface area contributed by atoms with E-state index in [9.17, 15) is 14.4 Å². The molecule has 0 aliphatic carbocycles. The lowest BCUT2D eigenvalue weighted by Crippen LogP contribution is -2.44. The summed E-state index contributed by atoms with van der Waals surface area (Å²) in [4.78, 5) is 38.8. The molecule has 0 bridgehead atoms. The normalized spacial score (nSPS) is 14.2. The molecule has 1 aliphatic rings.